The molecule has 49 heavy (non-hydrogen) atoms. The van der Waals surface area contributed by atoms with Crippen LogP contribution in [0.5, 0.6) is 0 Å². The van der Waals surface area contributed by atoms with Crippen LogP contribution in [0, 0.1) is 34.5 Å². The number of alkyl carbamates (subject to hydrolysis) is 1. The molecule has 1 aromatic rings. The fourth-order valence-corrected chi connectivity index (χ4v) is 5.70. The van der Waals surface area contributed by atoms with Crippen LogP contribution in [-0.2, 0) is 38.9 Å². The van der Waals surface area contributed by atoms with Crippen molar-refractivity contribution in [1.29, 1.82) is 10.7 Å². The molecule has 2 heterocycles. The van der Waals surface area contributed by atoms with E-state index in [0.29, 0.717) is 0 Å². The van der Waals surface area contributed by atoms with Crippen molar-refractivity contribution in [3.8, 4) is 6.07 Å². The van der Waals surface area contributed by atoms with Crippen LogP contribution < -0.4 is 10.6 Å². The van der Waals surface area contributed by atoms with E-state index in [-0.39, 0.29) is 35.5 Å². The molecule has 0 radical (unpaired) electrons. The Balaban J connectivity index is 1.92. The van der Waals surface area contributed by atoms with Crippen molar-refractivity contribution in [1.82, 2.24) is 15.6 Å². The molecule has 0 unspecified atom stereocenters. The molecular formula is C34H50N6O9. The summed E-state index contributed by atoms with van der Waals surface area (Å²) < 4.78 is 22.8. The molecule has 0 spiro atoms. The number of aliphatic imine (C=N–C) groups is 1. The van der Waals surface area contributed by atoms with E-state index < -0.39 is 72.0 Å². The van der Waals surface area contributed by atoms with Gasteiger partial charge >= 0.3 is 18.0 Å². The van der Waals surface area contributed by atoms with Gasteiger partial charge in [-0.05, 0) is 57.6 Å². The van der Waals surface area contributed by atoms with E-state index in [0.717, 1.165) is 38.4 Å². The minimum Gasteiger partial charge on any atom is -0.463 e. The Hall–Kier alpha value is -4.29. The number of amides is 2. The average Bonchev–Trinajstić information content (AvgIpc) is 3.62. The first-order chi connectivity index (χ1) is 23.0. The van der Waals surface area contributed by atoms with E-state index in [1.165, 1.54) is 12.1 Å². The molecule has 1 aliphatic heterocycles. The minimum absolute atomic E-state index is 0.00955. The zero-order valence-electron chi connectivity index (χ0n) is 29.3. The van der Waals surface area contributed by atoms with E-state index in [1.54, 1.807) is 48.5 Å². The third-order valence-corrected chi connectivity index (χ3v) is 8.33. The molecule has 0 bridgehead atoms. The zero-order valence-corrected chi connectivity index (χ0v) is 29.3. The highest BCUT2D eigenvalue weighted by atomic mass is 16.6. The number of ether oxygens (including phenoxy) is 4. The molecule has 5 N–H and O–H groups in total. The van der Waals surface area contributed by atoms with Gasteiger partial charge in [0.05, 0.1) is 11.4 Å². The van der Waals surface area contributed by atoms with Crippen LogP contribution in [0.2, 0.25) is 0 Å². The van der Waals surface area contributed by atoms with E-state index in [9.17, 15) is 29.5 Å². The number of amidine groups is 1. The quantitative estimate of drug-likeness (QED) is 0.0929. The van der Waals surface area contributed by atoms with Crippen LogP contribution in [0.3, 0.4) is 0 Å². The SMILES string of the molecule is CC(C)C(=O)N/C(=N/C=N)c1ccc([C@]2(C#N)O[C@H](COC(=O)CC3CCCCC3)[C@@H](OC(=O)[C@@H](NC(=O)OC(C)(C)C)C(C)C)[C@H]2O)[nH]1. The normalized spacial score (nSPS) is 23.8. The molecule has 270 valence electrons. The number of nitrogens with zero attached hydrogens (tertiary/aromatic N) is 2. The fraction of sp³-hybridized carbons (Fsp3) is 0.676. The van der Waals surface area contributed by atoms with Crippen molar-refractivity contribution in [2.24, 2.45) is 22.7 Å². The second-order valence-electron chi connectivity index (χ2n) is 14.1. The summed E-state index contributed by atoms with van der Waals surface area (Å²) in [5.41, 5.74) is -2.76. The second kappa shape index (κ2) is 16.9. The second-order valence-corrected chi connectivity index (χ2v) is 14.1. The lowest BCUT2D eigenvalue weighted by molar-refractivity contribution is -0.163. The Labute approximate surface area is 287 Å². The van der Waals surface area contributed by atoms with Crippen molar-refractivity contribution < 1.29 is 43.2 Å². The van der Waals surface area contributed by atoms with Gasteiger partial charge in [-0.25, -0.2) is 14.6 Å². The molecule has 1 saturated carbocycles. The summed E-state index contributed by atoms with van der Waals surface area (Å²) in [6.45, 7) is 11.3. The molecule has 2 amide bonds. The van der Waals surface area contributed by atoms with Crippen molar-refractivity contribution in [3.63, 3.8) is 0 Å². The van der Waals surface area contributed by atoms with Crippen LogP contribution in [0.4, 0.5) is 4.79 Å². The lowest BCUT2D eigenvalue weighted by atomic mass is 9.87. The topological polar surface area (TPSA) is 225 Å². The summed E-state index contributed by atoms with van der Waals surface area (Å²) in [5, 5.41) is 34.7. The molecule has 2 aliphatic rings. The van der Waals surface area contributed by atoms with Gasteiger partial charge in [0.1, 0.15) is 42.9 Å². The van der Waals surface area contributed by atoms with E-state index in [1.807, 2.05) is 6.07 Å². The van der Waals surface area contributed by atoms with Gasteiger partial charge in [-0.15, -0.1) is 0 Å². The first kappa shape index (κ1) is 39.2. The number of aliphatic hydroxyl groups is 1. The van der Waals surface area contributed by atoms with Crippen molar-refractivity contribution in [2.75, 3.05) is 6.61 Å². The summed E-state index contributed by atoms with van der Waals surface area (Å²) in [4.78, 5) is 58.2. The summed E-state index contributed by atoms with van der Waals surface area (Å²) >= 11 is 0. The number of aromatic nitrogens is 1. The number of nitrogens with one attached hydrogen (secondary N) is 4. The van der Waals surface area contributed by atoms with Crippen LogP contribution in [0.1, 0.15) is 98.4 Å². The number of carbonyl (C=O) groups is 4. The van der Waals surface area contributed by atoms with Gasteiger partial charge in [0.25, 0.3) is 0 Å². The molecule has 2 fully saturated rings. The predicted octanol–water partition coefficient (Wildman–Crippen LogP) is 3.59. The van der Waals surface area contributed by atoms with E-state index >= 15 is 0 Å². The Morgan fingerprint density at radius 2 is 1.86 bits per heavy atom. The summed E-state index contributed by atoms with van der Waals surface area (Å²) in [7, 11) is 0. The molecule has 0 aromatic carbocycles. The number of hydrogen-bond donors (Lipinski definition) is 5. The number of rotatable bonds is 12. The third-order valence-electron chi connectivity index (χ3n) is 8.33. The van der Waals surface area contributed by atoms with Crippen LogP contribution >= 0.6 is 0 Å². The van der Waals surface area contributed by atoms with Gasteiger partial charge in [-0.2, -0.15) is 5.26 Å². The highest BCUT2D eigenvalue weighted by Crippen LogP contribution is 2.41. The molecule has 3 rings (SSSR count). The lowest BCUT2D eigenvalue weighted by Gasteiger charge is -2.28. The van der Waals surface area contributed by atoms with Gasteiger partial charge in [0, 0.05) is 12.3 Å². The maximum atomic E-state index is 13.6. The molecular weight excluding hydrogens is 636 g/mol. The summed E-state index contributed by atoms with van der Waals surface area (Å²) in [5.74, 6) is -2.45. The Morgan fingerprint density at radius 1 is 1.18 bits per heavy atom. The van der Waals surface area contributed by atoms with E-state index in [4.69, 9.17) is 24.4 Å². The molecule has 1 aliphatic carbocycles. The first-order valence-corrected chi connectivity index (χ1v) is 16.7. The molecule has 5 atom stereocenters. The highest BCUT2D eigenvalue weighted by molar-refractivity contribution is 6.09. The number of aliphatic hydroxyl groups excluding tert-OH is 1. The summed E-state index contributed by atoms with van der Waals surface area (Å²) in [6.07, 6.45) is 0.527. The molecule has 15 heteroatoms. The number of carbonyl (C=O) groups excluding carboxylic acids is 4. The van der Waals surface area contributed by atoms with Gasteiger partial charge in [0.15, 0.2) is 11.9 Å². The Morgan fingerprint density at radius 3 is 2.43 bits per heavy atom. The Kier molecular flexibility index (Phi) is 13.5. The number of nitriles is 1. The Bertz CT molecular complexity index is 1420. The third kappa shape index (κ3) is 10.4. The maximum Gasteiger partial charge on any atom is 0.408 e. The lowest BCUT2D eigenvalue weighted by Crippen LogP contribution is -2.50. The van der Waals surface area contributed by atoms with Crippen LogP contribution in [0.15, 0.2) is 17.1 Å². The van der Waals surface area contributed by atoms with Crippen LogP contribution in [-0.4, -0.2) is 82.8 Å². The van der Waals surface area contributed by atoms with Gasteiger partial charge < -0.3 is 39.7 Å². The van der Waals surface area contributed by atoms with Gasteiger partial charge in [0.2, 0.25) is 11.5 Å². The van der Waals surface area contributed by atoms with Crippen LogP contribution in [0.25, 0.3) is 0 Å². The number of aromatic amines is 1. The van der Waals surface area contributed by atoms with Gasteiger partial charge in [-0.1, -0.05) is 47.0 Å². The molecule has 1 saturated heterocycles. The largest absolute Gasteiger partial charge is 0.463 e. The fourth-order valence-electron chi connectivity index (χ4n) is 5.70. The van der Waals surface area contributed by atoms with Gasteiger partial charge in [-0.3, -0.25) is 15.0 Å². The maximum absolute atomic E-state index is 13.6. The molecule has 15 nitrogen and oxygen atoms in total. The number of H-pyrrole nitrogens is 1. The van der Waals surface area contributed by atoms with Crippen molar-refractivity contribution in [2.45, 2.75) is 123 Å². The molecule has 1 aromatic heterocycles. The summed E-state index contributed by atoms with van der Waals surface area (Å²) in [6, 6.07) is 3.70. The highest BCUT2D eigenvalue weighted by Gasteiger charge is 2.59. The van der Waals surface area contributed by atoms with E-state index in [2.05, 4.69) is 20.6 Å². The number of esters is 2. The monoisotopic (exact) mass is 686 g/mol. The first-order valence-electron chi connectivity index (χ1n) is 16.7. The predicted molar refractivity (Wildman–Crippen MR) is 177 cm³/mol. The van der Waals surface area contributed by atoms with Crippen molar-refractivity contribution in [3.05, 3.63) is 23.5 Å². The zero-order chi connectivity index (χ0) is 36.5. The minimum atomic E-state index is -2.16. The number of hydrogen-bond acceptors (Lipinski definition) is 11. The smallest absolute Gasteiger partial charge is 0.408 e. The van der Waals surface area contributed by atoms with Crippen molar-refractivity contribution >= 4 is 36.1 Å². The standard InChI is InChI=1S/C34H50N6O9/c1-19(2)26(39-32(45)49-33(5,6)7)31(44)47-27-23(16-46-25(41)15-21-11-9-8-10-12-21)48-34(17-35,28(27)42)24-14-13-22(38-24)29(37-18-36)40-30(43)20(3)4/h13-14,18-21,23,26-28,38,42H,8-12,15-16H2,1-7H3,(H,39,45)(H2,36,37,40,43)/t23-,26+,27-,28-,34+/m1/s1. The average molecular weight is 687 g/mol.